The van der Waals surface area contributed by atoms with Crippen molar-refractivity contribution in [2.45, 2.75) is 11.8 Å². The average molecular weight is 305 g/mol. The molecule has 3 rings (SSSR count). The Bertz CT molecular complexity index is 936. The largest absolute Gasteiger partial charge is 0.358 e. The van der Waals surface area contributed by atoms with Gasteiger partial charge < -0.3 is 10.1 Å². The van der Waals surface area contributed by atoms with E-state index in [4.69, 9.17) is 0 Å². The summed E-state index contributed by atoms with van der Waals surface area (Å²) < 4.78 is 26.2. The molecule has 0 fully saturated rings. The van der Waals surface area contributed by atoms with Crippen molar-refractivity contribution in [3.8, 4) is 0 Å². The molecular formula is C13H11N3O4S. The number of H-pyrrole nitrogens is 1. The third kappa shape index (κ3) is 2.09. The van der Waals surface area contributed by atoms with Crippen molar-refractivity contribution in [2.75, 3.05) is 0 Å². The molecule has 3 aromatic rings. The highest BCUT2D eigenvalue weighted by Crippen LogP contribution is 2.25. The lowest BCUT2D eigenvalue weighted by Gasteiger charge is -2.05. The van der Waals surface area contributed by atoms with Crippen LogP contribution in [0, 0.1) is 17.0 Å². The zero-order valence-corrected chi connectivity index (χ0v) is 11.8. The Morgan fingerprint density at radius 3 is 2.48 bits per heavy atom. The van der Waals surface area contributed by atoms with Gasteiger partial charge in [0.1, 0.15) is 0 Å². The van der Waals surface area contributed by atoms with Gasteiger partial charge in [0, 0.05) is 12.3 Å². The molecule has 1 N–H and O–H groups in total. The van der Waals surface area contributed by atoms with Gasteiger partial charge >= 0.3 is 5.82 Å². The van der Waals surface area contributed by atoms with Crippen LogP contribution in [0.4, 0.5) is 5.82 Å². The number of rotatable bonds is 3. The second-order valence-corrected chi connectivity index (χ2v) is 6.46. The van der Waals surface area contributed by atoms with E-state index < -0.39 is 14.9 Å². The number of aromatic amines is 1. The minimum absolute atomic E-state index is 0.128. The van der Waals surface area contributed by atoms with Crippen LogP contribution < -0.4 is 0 Å². The van der Waals surface area contributed by atoms with Crippen molar-refractivity contribution in [3.63, 3.8) is 0 Å². The summed E-state index contributed by atoms with van der Waals surface area (Å²) in [5.74, 6) is -0.242. The van der Waals surface area contributed by atoms with Crippen molar-refractivity contribution in [2.24, 2.45) is 0 Å². The third-order valence-electron chi connectivity index (χ3n) is 3.20. The molecule has 8 heteroatoms. The Labute approximate surface area is 120 Å². The molecule has 0 radical (unpaired) electrons. The van der Waals surface area contributed by atoms with Gasteiger partial charge in [-0.25, -0.2) is 17.4 Å². The van der Waals surface area contributed by atoms with E-state index in [0.717, 1.165) is 9.54 Å². The van der Waals surface area contributed by atoms with Crippen LogP contribution in [0.1, 0.15) is 5.56 Å². The molecule has 0 saturated carbocycles. The van der Waals surface area contributed by atoms with Gasteiger partial charge in [0.05, 0.1) is 10.3 Å². The van der Waals surface area contributed by atoms with Crippen molar-refractivity contribution in [3.05, 3.63) is 58.3 Å². The van der Waals surface area contributed by atoms with E-state index in [1.165, 1.54) is 30.5 Å². The van der Waals surface area contributed by atoms with Crippen LogP contribution in [0.15, 0.2) is 47.5 Å². The van der Waals surface area contributed by atoms with Crippen LogP contribution in [0.3, 0.4) is 0 Å². The minimum atomic E-state index is -3.79. The Morgan fingerprint density at radius 2 is 1.86 bits per heavy atom. The number of aromatic nitrogens is 2. The number of fused-ring (bicyclic) bond motifs is 1. The van der Waals surface area contributed by atoms with Gasteiger partial charge in [-0.05, 0) is 30.0 Å². The van der Waals surface area contributed by atoms with Crippen LogP contribution in [0.25, 0.3) is 11.0 Å². The summed E-state index contributed by atoms with van der Waals surface area (Å²) >= 11 is 0. The second kappa shape index (κ2) is 4.45. The molecule has 2 aromatic heterocycles. The summed E-state index contributed by atoms with van der Waals surface area (Å²) in [7, 11) is -3.79. The SMILES string of the molecule is Cc1ccc(S(=O)(=O)n2ccc3cc([N+](=O)[O-])[nH]c32)cc1. The quantitative estimate of drug-likeness (QED) is 0.593. The minimum Gasteiger partial charge on any atom is -0.358 e. The zero-order valence-electron chi connectivity index (χ0n) is 11.0. The fourth-order valence-electron chi connectivity index (χ4n) is 2.10. The standard InChI is InChI=1S/C13H11N3O4S/c1-9-2-4-11(5-3-9)21(19,20)15-7-6-10-8-12(16(17)18)14-13(10)15/h2-8,14H,1H3. The highest BCUT2D eigenvalue weighted by molar-refractivity contribution is 7.90. The predicted octanol–water partition coefficient (Wildman–Crippen LogP) is 2.42. The van der Waals surface area contributed by atoms with Gasteiger partial charge in [0.15, 0.2) is 0 Å². The Hall–Kier alpha value is -2.61. The summed E-state index contributed by atoms with van der Waals surface area (Å²) in [6.45, 7) is 1.86. The van der Waals surface area contributed by atoms with E-state index in [2.05, 4.69) is 4.98 Å². The molecule has 0 spiro atoms. The molecule has 108 valence electrons. The lowest BCUT2D eigenvalue weighted by molar-refractivity contribution is -0.389. The number of nitro groups is 1. The van der Waals surface area contributed by atoms with E-state index in [1.54, 1.807) is 12.1 Å². The Kier molecular flexibility index (Phi) is 2.84. The maximum Gasteiger partial charge on any atom is 0.323 e. The molecule has 0 atom stereocenters. The number of benzene rings is 1. The maximum atomic E-state index is 12.6. The molecule has 0 bridgehead atoms. The Morgan fingerprint density at radius 1 is 1.19 bits per heavy atom. The average Bonchev–Trinajstić information content (AvgIpc) is 2.98. The van der Waals surface area contributed by atoms with E-state index in [0.29, 0.717) is 5.39 Å². The van der Waals surface area contributed by atoms with Gasteiger partial charge in [0.2, 0.25) is 5.65 Å². The topological polar surface area (TPSA) is 98.0 Å². The second-order valence-electron chi connectivity index (χ2n) is 4.65. The molecule has 1 aromatic carbocycles. The van der Waals surface area contributed by atoms with Crippen molar-refractivity contribution >= 4 is 26.9 Å². The summed E-state index contributed by atoms with van der Waals surface area (Å²) in [6, 6.07) is 9.23. The molecule has 21 heavy (non-hydrogen) atoms. The first kappa shape index (κ1) is 13.4. The summed E-state index contributed by atoms with van der Waals surface area (Å²) in [5, 5.41) is 11.2. The molecule has 0 aliphatic rings. The monoisotopic (exact) mass is 305 g/mol. The first-order valence-corrected chi connectivity index (χ1v) is 7.50. The third-order valence-corrected chi connectivity index (χ3v) is 4.89. The number of hydrogen-bond acceptors (Lipinski definition) is 4. The van der Waals surface area contributed by atoms with E-state index in [-0.39, 0.29) is 16.4 Å². The van der Waals surface area contributed by atoms with Crippen molar-refractivity contribution in [1.82, 2.24) is 8.96 Å². The molecule has 0 amide bonds. The lowest BCUT2D eigenvalue weighted by atomic mass is 10.2. The van der Waals surface area contributed by atoms with Gasteiger partial charge in [-0.15, -0.1) is 0 Å². The van der Waals surface area contributed by atoms with E-state index in [9.17, 15) is 18.5 Å². The maximum absolute atomic E-state index is 12.6. The highest BCUT2D eigenvalue weighted by Gasteiger charge is 2.23. The van der Waals surface area contributed by atoms with Crippen molar-refractivity contribution in [1.29, 1.82) is 0 Å². The molecule has 0 unspecified atom stereocenters. The molecule has 0 aliphatic heterocycles. The first-order chi connectivity index (χ1) is 9.89. The number of nitrogens with one attached hydrogen (secondary N) is 1. The fraction of sp³-hybridized carbons (Fsp3) is 0.0769. The summed E-state index contributed by atoms with van der Waals surface area (Å²) in [6.07, 6.45) is 1.38. The Balaban J connectivity index is 2.19. The van der Waals surface area contributed by atoms with Gasteiger partial charge in [-0.3, -0.25) is 0 Å². The summed E-state index contributed by atoms with van der Waals surface area (Å²) in [5.41, 5.74) is 1.13. The van der Waals surface area contributed by atoms with E-state index in [1.807, 2.05) is 6.92 Å². The number of nitrogens with zero attached hydrogens (tertiary/aromatic N) is 2. The normalized spacial score (nSPS) is 11.9. The van der Waals surface area contributed by atoms with Gasteiger partial charge in [0.25, 0.3) is 10.0 Å². The number of hydrogen-bond donors (Lipinski definition) is 1. The summed E-state index contributed by atoms with van der Waals surface area (Å²) in [4.78, 5) is 12.8. The molecule has 2 heterocycles. The fourth-order valence-corrected chi connectivity index (χ4v) is 3.42. The number of aryl methyl sites for hydroxylation is 1. The van der Waals surface area contributed by atoms with Gasteiger partial charge in [-0.1, -0.05) is 17.7 Å². The zero-order chi connectivity index (χ0) is 15.2. The van der Waals surface area contributed by atoms with Crippen LogP contribution in [0.5, 0.6) is 0 Å². The van der Waals surface area contributed by atoms with Crippen LogP contribution in [0.2, 0.25) is 0 Å². The molecule has 7 nitrogen and oxygen atoms in total. The lowest BCUT2D eigenvalue weighted by Crippen LogP contribution is -2.12. The predicted molar refractivity (Wildman–Crippen MR) is 76.7 cm³/mol. The van der Waals surface area contributed by atoms with Crippen LogP contribution in [-0.4, -0.2) is 22.3 Å². The van der Waals surface area contributed by atoms with Crippen molar-refractivity contribution < 1.29 is 13.3 Å². The smallest absolute Gasteiger partial charge is 0.323 e. The van der Waals surface area contributed by atoms with Crippen LogP contribution in [-0.2, 0) is 10.0 Å². The van der Waals surface area contributed by atoms with Gasteiger partial charge in [-0.2, -0.15) is 0 Å². The van der Waals surface area contributed by atoms with E-state index >= 15 is 0 Å². The molecular weight excluding hydrogens is 294 g/mol. The molecule has 0 saturated heterocycles. The van der Waals surface area contributed by atoms with Crippen LogP contribution >= 0.6 is 0 Å². The molecule has 0 aliphatic carbocycles. The first-order valence-electron chi connectivity index (χ1n) is 6.06. The highest BCUT2D eigenvalue weighted by atomic mass is 32.2.